The highest BCUT2D eigenvalue weighted by molar-refractivity contribution is 5.89. The van der Waals surface area contributed by atoms with Crippen LogP contribution in [-0.2, 0) is 25.5 Å². The van der Waals surface area contributed by atoms with Crippen LogP contribution in [0.1, 0.15) is 11.1 Å². The molecule has 0 bridgehead atoms. The predicted molar refractivity (Wildman–Crippen MR) is 123 cm³/mol. The SMILES string of the molecule is O=C(C=Cc1ccc(O)c(O[C@@H]2O[C@H](CO)[C@@H](O)[C@H](O)[C@H]2O)c1)O[C@@H](Cc1ccc(O)c(O)c1)C(=O)O. The summed E-state index contributed by atoms with van der Waals surface area (Å²) in [5, 5.41) is 77.5. The topological polar surface area (TPSA) is 224 Å². The van der Waals surface area contributed by atoms with Gasteiger partial charge in [-0.1, -0.05) is 12.1 Å². The zero-order valence-electron chi connectivity index (χ0n) is 19.1. The molecule has 0 saturated carbocycles. The monoisotopic (exact) mass is 522 g/mol. The van der Waals surface area contributed by atoms with Gasteiger partial charge in [0.15, 0.2) is 23.0 Å². The molecular formula is C24H26O13. The number of benzene rings is 2. The van der Waals surface area contributed by atoms with Gasteiger partial charge in [-0.25, -0.2) is 9.59 Å². The highest BCUT2D eigenvalue weighted by Crippen LogP contribution is 2.31. The summed E-state index contributed by atoms with van der Waals surface area (Å²) in [4.78, 5) is 23.7. The molecule has 1 saturated heterocycles. The van der Waals surface area contributed by atoms with E-state index in [1.54, 1.807) is 0 Å². The van der Waals surface area contributed by atoms with E-state index >= 15 is 0 Å². The van der Waals surface area contributed by atoms with Gasteiger partial charge in [0, 0.05) is 12.5 Å². The Morgan fingerprint density at radius 3 is 2.30 bits per heavy atom. The molecule has 0 aromatic heterocycles. The molecule has 0 amide bonds. The van der Waals surface area contributed by atoms with E-state index in [-0.39, 0.29) is 29.2 Å². The van der Waals surface area contributed by atoms with Crippen molar-refractivity contribution in [3.05, 3.63) is 53.6 Å². The van der Waals surface area contributed by atoms with Crippen LogP contribution in [0.5, 0.6) is 23.0 Å². The van der Waals surface area contributed by atoms with Gasteiger partial charge in [-0.15, -0.1) is 0 Å². The van der Waals surface area contributed by atoms with Gasteiger partial charge in [0.05, 0.1) is 6.61 Å². The zero-order valence-corrected chi connectivity index (χ0v) is 19.1. The van der Waals surface area contributed by atoms with Gasteiger partial charge in [0.2, 0.25) is 12.4 Å². The number of carboxylic acid groups (broad SMARTS) is 1. The van der Waals surface area contributed by atoms with Crippen molar-refractivity contribution in [2.24, 2.45) is 0 Å². The third-order valence-electron chi connectivity index (χ3n) is 5.48. The molecule has 0 radical (unpaired) electrons. The van der Waals surface area contributed by atoms with Crippen molar-refractivity contribution in [2.45, 2.75) is 43.2 Å². The Hall–Kier alpha value is -3.88. The fourth-order valence-electron chi connectivity index (χ4n) is 3.45. The average molecular weight is 522 g/mol. The minimum Gasteiger partial charge on any atom is -0.504 e. The van der Waals surface area contributed by atoms with E-state index in [0.29, 0.717) is 5.56 Å². The van der Waals surface area contributed by atoms with Crippen LogP contribution in [0, 0.1) is 0 Å². The third kappa shape index (κ3) is 6.87. The van der Waals surface area contributed by atoms with Crippen LogP contribution in [0.4, 0.5) is 0 Å². The number of carbonyl (C=O) groups excluding carboxylic acids is 1. The number of rotatable bonds is 9. The predicted octanol–water partition coefficient (Wildman–Crippen LogP) is -0.766. The molecule has 1 aliphatic heterocycles. The number of carbonyl (C=O) groups is 2. The second kappa shape index (κ2) is 11.9. The average Bonchev–Trinajstić information content (AvgIpc) is 2.86. The van der Waals surface area contributed by atoms with E-state index in [0.717, 1.165) is 12.1 Å². The molecule has 3 rings (SSSR count). The fourth-order valence-corrected chi connectivity index (χ4v) is 3.45. The van der Waals surface area contributed by atoms with Crippen molar-refractivity contribution in [3.63, 3.8) is 0 Å². The molecule has 2 aromatic carbocycles. The summed E-state index contributed by atoms with van der Waals surface area (Å²) in [6, 6.07) is 7.49. The van der Waals surface area contributed by atoms with E-state index in [1.165, 1.54) is 36.4 Å². The second-order valence-electron chi connectivity index (χ2n) is 8.17. The summed E-state index contributed by atoms with van der Waals surface area (Å²) in [7, 11) is 0. The van der Waals surface area contributed by atoms with Gasteiger partial charge in [-0.05, 0) is 41.5 Å². The number of aliphatic hydroxyl groups excluding tert-OH is 4. The van der Waals surface area contributed by atoms with Crippen molar-refractivity contribution in [1.29, 1.82) is 0 Å². The summed E-state index contributed by atoms with van der Waals surface area (Å²) in [6.45, 7) is -0.674. The molecule has 0 spiro atoms. The molecular weight excluding hydrogens is 496 g/mol. The number of hydrogen-bond donors (Lipinski definition) is 8. The van der Waals surface area contributed by atoms with E-state index < -0.39 is 61.1 Å². The first-order chi connectivity index (χ1) is 17.5. The quantitative estimate of drug-likeness (QED) is 0.115. The number of phenolic OH excluding ortho intramolecular Hbond substituents is 3. The lowest BCUT2D eigenvalue weighted by atomic mass is 9.99. The van der Waals surface area contributed by atoms with Gasteiger partial charge in [-0.3, -0.25) is 0 Å². The summed E-state index contributed by atoms with van der Waals surface area (Å²) in [6.07, 6.45) is -7.49. The van der Waals surface area contributed by atoms with Crippen molar-refractivity contribution >= 4 is 18.0 Å². The Morgan fingerprint density at radius 1 is 0.946 bits per heavy atom. The number of phenols is 3. The fraction of sp³-hybridized carbons (Fsp3) is 0.333. The maximum atomic E-state index is 12.2. The van der Waals surface area contributed by atoms with Crippen LogP contribution < -0.4 is 4.74 Å². The molecule has 0 aliphatic carbocycles. The number of aliphatic hydroxyl groups is 4. The lowest BCUT2D eigenvalue weighted by molar-refractivity contribution is -0.277. The maximum Gasteiger partial charge on any atom is 0.345 e. The van der Waals surface area contributed by atoms with E-state index in [2.05, 4.69) is 0 Å². The maximum absolute atomic E-state index is 12.2. The second-order valence-corrected chi connectivity index (χ2v) is 8.17. The first-order valence-corrected chi connectivity index (χ1v) is 10.9. The smallest absolute Gasteiger partial charge is 0.345 e. The van der Waals surface area contributed by atoms with E-state index in [4.69, 9.17) is 14.2 Å². The molecule has 8 N–H and O–H groups in total. The van der Waals surface area contributed by atoms with Gasteiger partial charge in [-0.2, -0.15) is 0 Å². The van der Waals surface area contributed by atoms with Gasteiger partial charge in [0.1, 0.15) is 24.4 Å². The summed E-state index contributed by atoms with van der Waals surface area (Å²) in [5.41, 5.74) is 0.581. The lowest BCUT2D eigenvalue weighted by Crippen LogP contribution is -2.60. The van der Waals surface area contributed by atoms with Crippen LogP contribution >= 0.6 is 0 Å². The van der Waals surface area contributed by atoms with Crippen molar-refractivity contribution in [2.75, 3.05) is 6.61 Å². The van der Waals surface area contributed by atoms with Crippen LogP contribution in [0.2, 0.25) is 0 Å². The van der Waals surface area contributed by atoms with Crippen LogP contribution in [-0.4, -0.2) is 96.2 Å². The molecule has 1 heterocycles. The Bertz CT molecular complexity index is 1150. The first kappa shape index (κ1) is 27.7. The standard InChI is InChI=1S/C24H26O13/c25-10-18-20(30)21(31)22(32)24(37-18)36-16-8-11(1-5-14(16)27)3-6-19(29)35-17(23(33)34)9-12-2-4-13(26)15(28)7-12/h1-8,17-18,20-22,24-28,30-32H,9-10H2,(H,33,34)/t17-,18+,20+,21-,22+,24+/m0/s1. The Balaban J connectivity index is 1.68. The number of esters is 1. The van der Waals surface area contributed by atoms with Gasteiger partial charge >= 0.3 is 11.9 Å². The number of aromatic hydroxyl groups is 3. The van der Waals surface area contributed by atoms with Gasteiger partial charge < -0.3 is 55.1 Å². The minimum atomic E-state index is -1.71. The van der Waals surface area contributed by atoms with Crippen molar-refractivity contribution < 1.29 is 64.7 Å². The highest BCUT2D eigenvalue weighted by Gasteiger charge is 2.44. The molecule has 1 aliphatic rings. The Labute approximate surface area is 209 Å². The third-order valence-corrected chi connectivity index (χ3v) is 5.48. The molecule has 200 valence electrons. The molecule has 13 nitrogen and oxygen atoms in total. The normalized spacial score (nSPS) is 24.5. The summed E-state index contributed by atoms with van der Waals surface area (Å²) >= 11 is 0. The molecule has 0 unspecified atom stereocenters. The Kier molecular flexibility index (Phi) is 8.91. The number of carboxylic acids is 1. The molecule has 6 atom stereocenters. The number of hydrogen-bond acceptors (Lipinski definition) is 12. The van der Waals surface area contributed by atoms with Crippen LogP contribution in [0.25, 0.3) is 6.08 Å². The minimum absolute atomic E-state index is 0.226. The molecule has 37 heavy (non-hydrogen) atoms. The van der Waals surface area contributed by atoms with Crippen molar-refractivity contribution in [1.82, 2.24) is 0 Å². The van der Waals surface area contributed by atoms with Crippen LogP contribution in [0.15, 0.2) is 42.5 Å². The number of aliphatic carboxylic acids is 1. The first-order valence-electron chi connectivity index (χ1n) is 10.9. The van der Waals surface area contributed by atoms with Crippen molar-refractivity contribution in [3.8, 4) is 23.0 Å². The summed E-state index contributed by atoms with van der Waals surface area (Å²) in [5.74, 6) is -3.91. The molecule has 2 aromatic rings. The summed E-state index contributed by atoms with van der Waals surface area (Å²) < 4.78 is 15.6. The van der Waals surface area contributed by atoms with Gasteiger partial charge in [0.25, 0.3) is 0 Å². The largest absolute Gasteiger partial charge is 0.504 e. The Morgan fingerprint density at radius 2 is 1.65 bits per heavy atom. The van der Waals surface area contributed by atoms with Crippen LogP contribution in [0.3, 0.4) is 0 Å². The molecule has 13 heteroatoms. The van der Waals surface area contributed by atoms with E-state index in [1.807, 2.05) is 0 Å². The molecule has 1 fully saturated rings. The lowest BCUT2D eigenvalue weighted by Gasteiger charge is -2.39. The van der Waals surface area contributed by atoms with E-state index in [9.17, 15) is 50.4 Å². The highest BCUT2D eigenvalue weighted by atomic mass is 16.7. The number of ether oxygens (including phenoxy) is 3. The zero-order chi connectivity index (χ0) is 27.3.